The van der Waals surface area contributed by atoms with Crippen molar-refractivity contribution in [3.05, 3.63) is 23.8 Å². The van der Waals surface area contributed by atoms with Crippen LogP contribution in [0, 0.1) is 13.0 Å². The van der Waals surface area contributed by atoms with Gasteiger partial charge in [-0.1, -0.05) is 6.92 Å². The maximum absolute atomic E-state index is 5.06. The predicted molar refractivity (Wildman–Crippen MR) is 43.1 cm³/mol. The molecule has 0 radical (unpaired) electrons. The van der Waals surface area contributed by atoms with E-state index in [1.807, 2.05) is 19.1 Å². The van der Waals surface area contributed by atoms with E-state index in [0.717, 1.165) is 17.1 Å². The zero-order valence-corrected chi connectivity index (χ0v) is 7.97. The van der Waals surface area contributed by atoms with Gasteiger partial charge < -0.3 is 9.47 Å². The van der Waals surface area contributed by atoms with E-state index in [2.05, 4.69) is 6.07 Å². The molecule has 2 nitrogen and oxygen atoms in total. The normalized spacial score (nSPS) is 8.58. The molecule has 0 amide bonds. The van der Waals surface area contributed by atoms with Gasteiger partial charge in [-0.3, -0.25) is 0 Å². The first-order valence-electron chi connectivity index (χ1n) is 3.39. The topological polar surface area (TPSA) is 18.5 Å². The van der Waals surface area contributed by atoms with Crippen LogP contribution in [0.3, 0.4) is 0 Å². The number of methoxy groups -OCH3 is 2. The van der Waals surface area contributed by atoms with E-state index in [0.29, 0.717) is 0 Å². The Morgan fingerprint density at radius 2 is 1.83 bits per heavy atom. The van der Waals surface area contributed by atoms with Crippen LogP contribution in [0.1, 0.15) is 5.56 Å². The zero-order valence-electron chi connectivity index (χ0n) is 7.97. The zero-order chi connectivity index (χ0) is 8.27. The van der Waals surface area contributed by atoms with E-state index in [4.69, 9.17) is 9.47 Å². The van der Waals surface area contributed by atoms with Gasteiger partial charge in [0, 0.05) is 11.5 Å². The fraction of sp³-hybridized carbons (Fsp3) is 0.333. The van der Waals surface area contributed by atoms with Crippen molar-refractivity contribution in [3.63, 3.8) is 0 Å². The van der Waals surface area contributed by atoms with Crippen LogP contribution in [0.15, 0.2) is 12.1 Å². The van der Waals surface area contributed by atoms with Crippen molar-refractivity contribution in [2.24, 2.45) is 0 Å². The number of benzene rings is 1. The molecule has 0 saturated heterocycles. The van der Waals surface area contributed by atoms with E-state index in [1.165, 1.54) is 0 Å². The van der Waals surface area contributed by atoms with E-state index in [-0.39, 0.29) is 18.9 Å². The number of hydrogen-bond donors (Lipinski definition) is 0. The molecule has 3 heteroatoms. The minimum absolute atomic E-state index is 0. The molecule has 0 saturated carbocycles. The molecule has 1 aromatic carbocycles. The van der Waals surface area contributed by atoms with Crippen molar-refractivity contribution >= 4 is 0 Å². The second-order valence-electron chi connectivity index (χ2n) is 2.22. The third-order valence-electron chi connectivity index (χ3n) is 1.51. The molecule has 1 rings (SSSR count). The predicted octanol–water partition coefficient (Wildman–Crippen LogP) is -1.18. The van der Waals surface area contributed by atoms with Gasteiger partial charge >= 0.3 is 18.9 Å². The summed E-state index contributed by atoms with van der Waals surface area (Å²) in [5.74, 6) is 1.58. The maximum Gasteiger partial charge on any atom is 1.00 e. The molecule has 0 bridgehead atoms. The third-order valence-corrected chi connectivity index (χ3v) is 1.51. The molecule has 0 heterocycles. The van der Waals surface area contributed by atoms with Gasteiger partial charge in [-0.05, 0) is 0 Å². The largest absolute Gasteiger partial charge is 1.00 e. The van der Waals surface area contributed by atoms with Crippen molar-refractivity contribution in [3.8, 4) is 11.5 Å². The molecule has 0 aliphatic heterocycles. The van der Waals surface area contributed by atoms with Crippen LogP contribution in [-0.4, -0.2) is 14.2 Å². The van der Waals surface area contributed by atoms with Gasteiger partial charge in [-0.2, -0.15) is 0 Å². The third kappa shape index (κ3) is 2.48. The van der Waals surface area contributed by atoms with E-state index < -0.39 is 0 Å². The minimum atomic E-state index is 0. The first-order valence-corrected chi connectivity index (χ1v) is 3.39. The van der Waals surface area contributed by atoms with Gasteiger partial charge in [0.05, 0.1) is 14.2 Å². The molecule has 0 unspecified atom stereocenters. The summed E-state index contributed by atoms with van der Waals surface area (Å²) in [7, 11) is 3.26. The Morgan fingerprint density at radius 1 is 1.17 bits per heavy atom. The molecule has 60 valence electrons. The molecule has 0 fully saturated rings. The van der Waals surface area contributed by atoms with Crippen LogP contribution >= 0.6 is 0 Å². The molecule has 0 aromatic heterocycles. The Balaban J connectivity index is 0.00000121. The first kappa shape index (κ1) is 11.4. The van der Waals surface area contributed by atoms with Crippen LogP contribution in [0.5, 0.6) is 11.5 Å². The number of rotatable bonds is 2. The van der Waals surface area contributed by atoms with Crippen molar-refractivity contribution in [1.29, 1.82) is 0 Å². The minimum Gasteiger partial charge on any atom is -0.554 e. The molecule has 0 aliphatic carbocycles. The smallest absolute Gasteiger partial charge is 0.554 e. The molecule has 0 aliphatic rings. The fourth-order valence-electron chi connectivity index (χ4n) is 0.905. The van der Waals surface area contributed by atoms with Gasteiger partial charge in [0.2, 0.25) is 0 Å². The molecule has 12 heavy (non-hydrogen) atoms. The Kier molecular flexibility index (Phi) is 4.88. The van der Waals surface area contributed by atoms with Gasteiger partial charge in [0.25, 0.3) is 0 Å². The summed E-state index contributed by atoms with van der Waals surface area (Å²) in [6.45, 7) is 1.93. The summed E-state index contributed by atoms with van der Waals surface area (Å²) in [6, 6.07) is 6.72. The van der Waals surface area contributed by atoms with E-state index >= 15 is 0 Å². The maximum atomic E-state index is 5.06. The summed E-state index contributed by atoms with van der Waals surface area (Å²) in [4.78, 5) is 0. The van der Waals surface area contributed by atoms with Crippen LogP contribution in [0.4, 0.5) is 0 Å². The second-order valence-corrected chi connectivity index (χ2v) is 2.22. The molecular formula is C9H11LiO2. The van der Waals surface area contributed by atoms with Crippen LogP contribution < -0.4 is 28.3 Å². The summed E-state index contributed by atoms with van der Waals surface area (Å²) < 4.78 is 10.0. The molecule has 0 spiro atoms. The molecular weight excluding hydrogens is 147 g/mol. The van der Waals surface area contributed by atoms with Crippen LogP contribution in [-0.2, 0) is 0 Å². The van der Waals surface area contributed by atoms with Crippen LogP contribution in [0.2, 0.25) is 0 Å². The summed E-state index contributed by atoms with van der Waals surface area (Å²) in [5.41, 5.74) is 0.965. The number of hydrogen-bond acceptors (Lipinski definition) is 2. The summed E-state index contributed by atoms with van der Waals surface area (Å²) >= 11 is 0. The Hall–Kier alpha value is -0.583. The van der Waals surface area contributed by atoms with E-state index in [9.17, 15) is 0 Å². The van der Waals surface area contributed by atoms with Crippen LogP contribution in [0.25, 0.3) is 0 Å². The number of ether oxygens (including phenoxy) is 2. The Labute approximate surface area is 85.1 Å². The van der Waals surface area contributed by atoms with Gasteiger partial charge in [0.1, 0.15) is 0 Å². The van der Waals surface area contributed by atoms with Crippen molar-refractivity contribution in [2.45, 2.75) is 6.92 Å². The second kappa shape index (κ2) is 5.13. The van der Waals surface area contributed by atoms with Crippen molar-refractivity contribution in [1.82, 2.24) is 0 Å². The summed E-state index contributed by atoms with van der Waals surface area (Å²) in [5, 5.41) is 0. The SMILES string of the molecule is COc1[c-]c(C)c(OC)cc1.[Li+]. The Bertz CT molecular complexity index is 248. The van der Waals surface area contributed by atoms with Gasteiger partial charge in [0.15, 0.2) is 0 Å². The monoisotopic (exact) mass is 158 g/mol. The number of aryl methyl sites for hydroxylation is 1. The molecule has 0 atom stereocenters. The quantitative estimate of drug-likeness (QED) is 0.398. The van der Waals surface area contributed by atoms with E-state index in [1.54, 1.807) is 14.2 Å². The molecule has 1 aromatic rings. The first-order chi connectivity index (χ1) is 5.27. The fourth-order valence-corrected chi connectivity index (χ4v) is 0.905. The molecule has 0 N–H and O–H groups in total. The van der Waals surface area contributed by atoms with Gasteiger partial charge in [-0.25, -0.2) is 0 Å². The van der Waals surface area contributed by atoms with Crippen molar-refractivity contribution in [2.75, 3.05) is 14.2 Å². The average Bonchev–Trinajstić information content (AvgIpc) is 2.04. The summed E-state index contributed by atoms with van der Waals surface area (Å²) in [6.07, 6.45) is 0. The average molecular weight is 158 g/mol. The van der Waals surface area contributed by atoms with Gasteiger partial charge in [-0.15, -0.1) is 23.8 Å². The Morgan fingerprint density at radius 3 is 2.25 bits per heavy atom. The van der Waals surface area contributed by atoms with Crippen molar-refractivity contribution < 1.29 is 28.3 Å². The standard InChI is InChI=1S/C9H11O2.Li/c1-7-6-8(10-2)4-5-9(7)11-3;/h4-5H,1-3H3;/q-1;+1.